The summed E-state index contributed by atoms with van der Waals surface area (Å²) in [6.45, 7) is 0. The Bertz CT molecular complexity index is 937. The van der Waals surface area contributed by atoms with E-state index < -0.39 is 32.2 Å². The minimum atomic E-state index is -4.20. The highest BCUT2D eigenvalue weighted by Crippen LogP contribution is 2.46. The van der Waals surface area contributed by atoms with Gasteiger partial charge in [0.05, 0.1) is 0 Å². The van der Waals surface area contributed by atoms with Crippen LogP contribution in [0.25, 0.3) is 11.1 Å². The second kappa shape index (κ2) is 6.81. The summed E-state index contributed by atoms with van der Waals surface area (Å²) in [4.78, 5) is 28.4. The fourth-order valence-corrected chi connectivity index (χ4v) is 5.82. The lowest BCUT2D eigenvalue weighted by Gasteiger charge is -2.26. The Balaban J connectivity index is 2.43. The predicted molar refractivity (Wildman–Crippen MR) is 104 cm³/mol. The van der Waals surface area contributed by atoms with Crippen LogP contribution in [-0.4, -0.2) is 58.2 Å². The molecule has 2 aromatic rings. The molecular formula is C20H22N2O4S. The molecule has 1 aliphatic rings. The number of nitrogens with zero attached hydrogens (tertiary/aromatic N) is 2. The molecule has 27 heavy (non-hydrogen) atoms. The highest BCUT2D eigenvalue weighted by atomic mass is 32.2. The lowest BCUT2D eigenvalue weighted by Crippen LogP contribution is -2.39. The normalized spacial score (nSPS) is 20.0. The monoisotopic (exact) mass is 386 g/mol. The third-order valence-corrected chi connectivity index (χ3v) is 6.99. The highest BCUT2D eigenvalue weighted by Gasteiger charge is 2.49. The van der Waals surface area contributed by atoms with Gasteiger partial charge in [0, 0.05) is 28.2 Å². The Morgan fingerprint density at radius 2 is 1.04 bits per heavy atom. The summed E-state index contributed by atoms with van der Waals surface area (Å²) >= 11 is 0. The minimum absolute atomic E-state index is 0.401. The van der Waals surface area contributed by atoms with Gasteiger partial charge in [-0.05, 0) is 22.3 Å². The van der Waals surface area contributed by atoms with E-state index in [1.165, 1.54) is 38.0 Å². The summed E-state index contributed by atoms with van der Waals surface area (Å²) in [5.74, 6) is -1.13. The van der Waals surface area contributed by atoms with Gasteiger partial charge in [0.2, 0.25) is 11.8 Å². The molecule has 0 radical (unpaired) electrons. The van der Waals surface area contributed by atoms with E-state index in [1.54, 1.807) is 48.5 Å². The molecule has 6 nitrogen and oxygen atoms in total. The molecule has 3 rings (SSSR count). The van der Waals surface area contributed by atoms with Crippen LogP contribution in [0.15, 0.2) is 48.5 Å². The number of amides is 2. The van der Waals surface area contributed by atoms with Gasteiger partial charge >= 0.3 is 0 Å². The fourth-order valence-electron chi connectivity index (χ4n) is 3.45. The average Bonchev–Trinajstić information content (AvgIpc) is 2.70. The number of likely N-dealkylation sites (N-methyl/N-ethyl adjacent to an activating group) is 2. The van der Waals surface area contributed by atoms with Crippen LogP contribution in [0.2, 0.25) is 0 Å². The number of carbonyl (C=O) groups is 2. The summed E-state index contributed by atoms with van der Waals surface area (Å²) < 4.78 is 27.3. The molecule has 2 aromatic carbocycles. The van der Waals surface area contributed by atoms with E-state index in [0.29, 0.717) is 22.3 Å². The van der Waals surface area contributed by atoms with E-state index in [-0.39, 0.29) is 0 Å². The van der Waals surface area contributed by atoms with Crippen LogP contribution in [0.1, 0.15) is 21.6 Å². The Hall–Kier alpha value is -2.67. The van der Waals surface area contributed by atoms with Gasteiger partial charge in [0.15, 0.2) is 20.3 Å². The number of fused-ring (bicyclic) bond motifs is 3. The van der Waals surface area contributed by atoms with E-state index in [1.807, 2.05) is 0 Å². The molecule has 142 valence electrons. The van der Waals surface area contributed by atoms with Crippen molar-refractivity contribution in [1.82, 2.24) is 9.80 Å². The zero-order valence-electron chi connectivity index (χ0n) is 15.7. The maximum atomic E-state index is 13.7. The van der Waals surface area contributed by atoms with E-state index in [2.05, 4.69) is 0 Å². The Kier molecular flexibility index (Phi) is 4.82. The van der Waals surface area contributed by atoms with Crippen LogP contribution in [-0.2, 0) is 19.4 Å². The molecule has 7 heteroatoms. The SMILES string of the molecule is CN(C)C(=O)[C@@H]1c2ccccc2-c2ccccc2[C@@H](C(=O)N(C)C)S1(=O)=O. The lowest BCUT2D eigenvalue weighted by molar-refractivity contribution is -0.128. The van der Waals surface area contributed by atoms with Gasteiger partial charge in [0.25, 0.3) is 0 Å². The van der Waals surface area contributed by atoms with Crippen molar-refractivity contribution < 1.29 is 18.0 Å². The number of rotatable bonds is 2. The van der Waals surface area contributed by atoms with Crippen LogP contribution in [0.5, 0.6) is 0 Å². The molecule has 0 saturated heterocycles. The average molecular weight is 386 g/mol. The van der Waals surface area contributed by atoms with Crippen molar-refractivity contribution in [2.45, 2.75) is 10.5 Å². The first-order chi connectivity index (χ1) is 12.7. The van der Waals surface area contributed by atoms with Crippen molar-refractivity contribution >= 4 is 21.7 Å². The molecule has 0 unspecified atom stereocenters. The van der Waals surface area contributed by atoms with Crippen LogP contribution >= 0.6 is 0 Å². The Morgan fingerprint density at radius 3 is 1.37 bits per heavy atom. The van der Waals surface area contributed by atoms with Crippen molar-refractivity contribution in [2.24, 2.45) is 0 Å². The lowest BCUT2D eigenvalue weighted by atomic mass is 9.92. The standard InChI is InChI=1S/C20H22N2O4S/c1-21(2)19(23)17-15-11-7-5-9-13(15)14-10-6-8-12-16(14)18(27(17,25)26)20(24)22(3)4/h5-12,17-18H,1-4H3/t17-,18-/m0/s1. The largest absolute Gasteiger partial charge is 0.347 e. The summed E-state index contributed by atoms with van der Waals surface area (Å²) in [5, 5.41) is -2.88. The molecule has 0 aromatic heterocycles. The van der Waals surface area contributed by atoms with Crippen molar-refractivity contribution in [3.63, 3.8) is 0 Å². The molecule has 0 aliphatic carbocycles. The van der Waals surface area contributed by atoms with Crippen molar-refractivity contribution in [1.29, 1.82) is 0 Å². The first kappa shape index (κ1) is 19.1. The molecule has 0 fully saturated rings. The third-order valence-electron chi connectivity index (χ3n) is 4.76. The molecule has 0 N–H and O–H groups in total. The number of benzene rings is 2. The first-order valence-corrected chi connectivity index (χ1v) is 10.1. The quantitative estimate of drug-likeness (QED) is 0.792. The molecule has 0 spiro atoms. The molecule has 2 atom stereocenters. The van der Waals surface area contributed by atoms with Crippen LogP contribution in [0.3, 0.4) is 0 Å². The van der Waals surface area contributed by atoms with E-state index >= 15 is 0 Å². The van der Waals surface area contributed by atoms with Crippen LogP contribution < -0.4 is 0 Å². The molecule has 0 bridgehead atoms. The van der Waals surface area contributed by atoms with Crippen LogP contribution in [0, 0.1) is 0 Å². The second-order valence-corrected chi connectivity index (χ2v) is 9.11. The highest BCUT2D eigenvalue weighted by molar-refractivity contribution is 7.93. The summed E-state index contributed by atoms with van der Waals surface area (Å²) in [6, 6.07) is 13.9. The van der Waals surface area contributed by atoms with Crippen molar-refractivity contribution in [3.8, 4) is 11.1 Å². The topological polar surface area (TPSA) is 74.8 Å². The van der Waals surface area contributed by atoms with Gasteiger partial charge in [-0.25, -0.2) is 8.42 Å². The van der Waals surface area contributed by atoms with Gasteiger partial charge in [-0.3, -0.25) is 9.59 Å². The smallest absolute Gasteiger partial charge is 0.245 e. The molecule has 2 amide bonds. The molecule has 1 aliphatic heterocycles. The van der Waals surface area contributed by atoms with Gasteiger partial charge in [-0.1, -0.05) is 48.5 Å². The summed E-state index contributed by atoms with van der Waals surface area (Å²) in [6.07, 6.45) is 0. The maximum Gasteiger partial charge on any atom is 0.245 e. The van der Waals surface area contributed by atoms with Crippen LogP contribution in [0.4, 0.5) is 0 Å². The molecule has 0 saturated carbocycles. The van der Waals surface area contributed by atoms with Gasteiger partial charge in [-0.2, -0.15) is 0 Å². The zero-order valence-corrected chi connectivity index (χ0v) is 16.5. The number of hydrogen-bond donors (Lipinski definition) is 0. The summed E-state index contributed by atoms with van der Waals surface area (Å²) in [7, 11) is 1.86. The second-order valence-electron chi connectivity index (χ2n) is 6.99. The third kappa shape index (κ3) is 3.02. The van der Waals surface area contributed by atoms with Gasteiger partial charge in [-0.15, -0.1) is 0 Å². The van der Waals surface area contributed by atoms with E-state index in [0.717, 1.165) is 0 Å². The maximum absolute atomic E-state index is 13.7. The predicted octanol–water partition coefficient (Wildman–Crippen LogP) is 2.04. The fraction of sp³-hybridized carbons (Fsp3) is 0.300. The van der Waals surface area contributed by atoms with Crippen molar-refractivity contribution in [3.05, 3.63) is 59.7 Å². The van der Waals surface area contributed by atoms with E-state index in [9.17, 15) is 18.0 Å². The first-order valence-electron chi connectivity index (χ1n) is 8.51. The number of sulfone groups is 1. The molecular weight excluding hydrogens is 364 g/mol. The number of carbonyl (C=O) groups excluding carboxylic acids is 2. The zero-order chi connectivity index (χ0) is 19.9. The van der Waals surface area contributed by atoms with Crippen molar-refractivity contribution in [2.75, 3.05) is 28.2 Å². The minimum Gasteiger partial charge on any atom is -0.347 e. The molecule has 1 heterocycles. The summed E-state index contributed by atoms with van der Waals surface area (Å²) in [5.41, 5.74) is 2.12. The van der Waals surface area contributed by atoms with Gasteiger partial charge in [0.1, 0.15) is 0 Å². The van der Waals surface area contributed by atoms with E-state index in [4.69, 9.17) is 0 Å². The number of hydrogen-bond acceptors (Lipinski definition) is 4. The Morgan fingerprint density at radius 1 is 0.704 bits per heavy atom. The Labute approximate surface area is 159 Å². The van der Waals surface area contributed by atoms with Gasteiger partial charge < -0.3 is 9.80 Å².